The average molecular weight is 278 g/mol. The van der Waals surface area contributed by atoms with Gasteiger partial charge < -0.3 is 0 Å². The summed E-state index contributed by atoms with van der Waals surface area (Å²) < 4.78 is 36.0. The predicted octanol–water partition coefficient (Wildman–Crippen LogP) is -2.37. The van der Waals surface area contributed by atoms with Gasteiger partial charge in [-0.3, -0.25) is 0 Å². The molecule has 0 N–H and O–H groups in total. The van der Waals surface area contributed by atoms with Crippen LogP contribution in [0.5, 0.6) is 0 Å². The quantitative estimate of drug-likeness (QED) is 0.397. The second-order valence-corrected chi connectivity index (χ2v) is 4.30. The molecule has 2 aromatic heterocycles. The van der Waals surface area contributed by atoms with Gasteiger partial charge in [-0.1, -0.05) is 0 Å². The van der Waals surface area contributed by atoms with E-state index in [1.54, 1.807) is 0 Å². The molecule has 0 bridgehead atoms. The SMILES string of the molecule is Cc1cccc2cccc(Cl)[n+]12.[O-][Cl+3]([O-])([O-])[O-]. The molecule has 92 valence electrons. The molecule has 0 amide bonds. The van der Waals surface area contributed by atoms with Crippen molar-refractivity contribution in [3.63, 3.8) is 0 Å². The number of aromatic nitrogens is 1. The molecule has 0 aliphatic rings. The van der Waals surface area contributed by atoms with Crippen molar-refractivity contribution in [2.75, 3.05) is 0 Å². The van der Waals surface area contributed by atoms with Crippen LogP contribution in [0.4, 0.5) is 0 Å². The molecule has 2 rings (SSSR count). The lowest BCUT2D eigenvalue weighted by Gasteiger charge is -2.17. The van der Waals surface area contributed by atoms with Crippen molar-refractivity contribution in [2.45, 2.75) is 6.92 Å². The maximum atomic E-state index is 8.49. The molecule has 0 atom stereocenters. The molecule has 17 heavy (non-hydrogen) atoms. The van der Waals surface area contributed by atoms with Crippen LogP contribution >= 0.6 is 11.6 Å². The Balaban J connectivity index is 0.000000249. The van der Waals surface area contributed by atoms with Gasteiger partial charge in [-0.15, -0.1) is 14.6 Å². The largest absolute Gasteiger partial charge is 0.280 e. The zero-order valence-electron chi connectivity index (χ0n) is 8.80. The van der Waals surface area contributed by atoms with Crippen LogP contribution < -0.4 is 23.0 Å². The molecule has 0 radical (unpaired) electrons. The highest BCUT2D eigenvalue weighted by molar-refractivity contribution is 6.28. The first-order valence-electron chi connectivity index (χ1n) is 4.47. The normalized spacial score (nSPS) is 10.9. The molecule has 0 unspecified atom stereocenters. The zero-order chi connectivity index (χ0) is 13.1. The van der Waals surface area contributed by atoms with E-state index >= 15 is 0 Å². The third kappa shape index (κ3) is 4.82. The molecule has 0 spiro atoms. The van der Waals surface area contributed by atoms with Crippen LogP contribution in [-0.2, 0) is 0 Å². The van der Waals surface area contributed by atoms with Crippen molar-refractivity contribution in [1.82, 2.24) is 0 Å². The fourth-order valence-corrected chi connectivity index (χ4v) is 1.66. The summed E-state index contributed by atoms with van der Waals surface area (Å²) in [4.78, 5) is 0. The smallest absolute Gasteiger partial charge is 0.222 e. The van der Waals surface area contributed by atoms with E-state index in [2.05, 4.69) is 0 Å². The van der Waals surface area contributed by atoms with Crippen LogP contribution in [0.15, 0.2) is 36.4 Å². The minimum atomic E-state index is -4.94. The third-order valence-electron chi connectivity index (χ3n) is 1.93. The monoisotopic (exact) mass is 277 g/mol. The van der Waals surface area contributed by atoms with E-state index in [9.17, 15) is 0 Å². The van der Waals surface area contributed by atoms with Crippen LogP contribution in [0.3, 0.4) is 0 Å². The number of hydrogen-bond donors (Lipinski definition) is 0. The Morgan fingerprint density at radius 1 is 1.00 bits per heavy atom. The first-order chi connectivity index (χ1) is 7.79. The van der Waals surface area contributed by atoms with Gasteiger partial charge in [0.25, 0.3) is 5.15 Å². The first-order valence-corrected chi connectivity index (χ1v) is 6.08. The van der Waals surface area contributed by atoms with Crippen molar-refractivity contribution in [3.05, 3.63) is 47.2 Å². The highest BCUT2D eigenvalue weighted by atomic mass is 35.7. The molecule has 0 aliphatic heterocycles. The minimum absolute atomic E-state index is 0.755. The summed E-state index contributed by atoms with van der Waals surface area (Å²) >= 11 is 6.03. The lowest BCUT2D eigenvalue weighted by atomic mass is 10.3. The minimum Gasteiger partial charge on any atom is -0.222 e. The predicted molar refractivity (Wildman–Crippen MR) is 49.3 cm³/mol. The molecule has 0 saturated carbocycles. The van der Waals surface area contributed by atoms with Crippen molar-refractivity contribution in [2.24, 2.45) is 0 Å². The molecule has 2 heterocycles. The standard InChI is InChI=1S/C10H9ClN.ClHO4/c1-8-4-2-5-9-6-3-7-10(11)12(8)9;2-1(3,4)5/h2-7H,1H3;(H,2,3,4,5)/q+1;/p-1. The molecular weight excluding hydrogens is 269 g/mol. The van der Waals surface area contributed by atoms with Crippen molar-refractivity contribution in [3.8, 4) is 0 Å². The Morgan fingerprint density at radius 2 is 1.47 bits per heavy atom. The molecule has 7 heteroatoms. The number of nitrogens with zero attached hydrogens (tertiary/aromatic N) is 1. The van der Waals surface area contributed by atoms with Crippen LogP contribution in [0, 0.1) is 17.2 Å². The molecular formula is C10H9Cl2NO4. The van der Waals surface area contributed by atoms with Gasteiger partial charge in [0.2, 0.25) is 5.52 Å². The van der Waals surface area contributed by atoms with Crippen molar-refractivity contribution in [1.29, 1.82) is 0 Å². The van der Waals surface area contributed by atoms with Crippen LogP contribution in [0.2, 0.25) is 5.15 Å². The molecule has 0 saturated heterocycles. The molecule has 5 nitrogen and oxygen atoms in total. The van der Waals surface area contributed by atoms with Crippen LogP contribution in [0.25, 0.3) is 5.52 Å². The number of aryl methyl sites for hydroxylation is 1. The Kier molecular flexibility index (Phi) is 4.64. The van der Waals surface area contributed by atoms with Gasteiger partial charge in [0.1, 0.15) is 0 Å². The summed E-state index contributed by atoms with van der Waals surface area (Å²) in [6.07, 6.45) is 0. The molecule has 0 aliphatic carbocycles. The number of hydrogen-bond acceptors (Lipinski definition) is 4. The number of rotatable bonds is 0. The van der Waals surface area contributed by atoms with Gasteiger partial charge in [0.15, 0.2) is 5.69 Å². The van der Waals surface area contributed by atoms with Gasteiger partial charge in [-0.25, -0.2) is 18.6 Å². The summed E-state index contributed by atoms with van der Waals surface area (Å²) in [7, 11) is -4.94. The summed E-state index contributed by atoms with van der Waals surface area (Å²) in [6.45, 7) is 2.04. The molecule has 2 aromatic rings. The fourth-order valence-electron chi connectivity index (χ4n) is 1.36. The second kappa shape index (κ2) is 5.59. The first kappa shape index (κ1) is 14.1. The van der Waals surface area contributed by atoms with Crippen LogP contribution in [-0.4, -0.2) is 0 Å². The number of pyridine rings is 2. The zero-order valence-corrected chi connectivity index (χ0v) is 10.3. The lowest BCUT2D eigenvalue weighted by Crippen LogP contribution is -2.68. The van der Waals surface area contributed by atoms with E-state index in [0.29, 0.717) is 0 Å². The lowest BCUT2D eigenvalue weighted by molar-refractivity contribution is -2.00. The van der Waals surface area contributed by atoms with Crippen molar-refractivity contribution < 1.29 is 33.3 Å². The number of halogens is 2. The van der Waals surface area contributed by atoms with E-state index in [1.165, 1.54) is 0 Å². The topological polar surface area (TPSA) is 96.3 Å². The average Bonchev–Trinajstić information content (AvgIpc) is 2.15. The van der Waals surface area contributed by atoms with E-state index in [0.717, 1.165) is 16.4 Å². The van der Waals surface area contributed by atoms with Gasteiger partial charge in [0.05, 0.1) is 0 Å². The van der Waals surface area contributed by atoms with Gasteiger partial charge in [0, 0.05) is 31.2 Å². The molecule has 0 fully saturated rings. The third-order valence-corrected chi connectivity index (χ3v) is 2.22. The van der Waals surface area contributed by atoms with E-state index in [1.807, 2.05) is 47.7 Å². The maximum absolute atomic E-state index is 8.49. The fraction of sp³-hybridized carbons (Fsp3) is 0.100. The van der Waals surface area contributed by atoms with Crippen LogP contribution in [0.1, 0.15) is 5.69 Å². The second-order valence-electron chi connectivity index (χ2n) is 3.15. The summed E-state index contributed by atoms with van der Waals surface area (Å²) in [5.41, 5.74) is 2.28. The summed E-state index contributed by atoms with van der Waals surface area (Å²) in [5, 5.41) is 0.755. The van der Waals surface area contributed by atoms with Gasteiger partial charge in [-0.05, 0) is 23.7 Å². The van der Waals surface area contributed by atoms with E-state index in [4.69, 9.17) is 30.2 Å². The Bertz CT molecular complexity index is 470. The van der Waals surface area contributed by atoms with E-state index in [-0.39, 0.29) is 0 Å². The van der Waals surface area contributed by atoms with Gasteiger partial charge >= 0.3 is 0 Å². The highest BCUT2D eigenvalue weighted by Crippen LogP contribution is 2.06. The number of fused-ring (bicyclic) bond motifs is 1. The summed E-state index contributed by atoms with van der Waals surface area (Å²) in [6, 6.07) is 12.0. The Hall–Kier alpha value is -0.950. The highest BCUT2D eigenvalue weighted by Gasteiger charge is 2.08. The van der Waals surface area contributed by atoms with Crippen molar-refractivity contribution >= 4 is 17.1 Å². The summed E-state index contributed by atoms with van der Waals surface area (Å²) in [5.74, 6) is 0. The molecule has 0 aromatic carbocycles. The maximum Gasteiger partial charge on any atom is 0.280 e. The Morgan fingerprint density at radius 3 is 1.94 bits per heavy atom. The van der Waals surface area contributed by atoms with Gasteiger partial charge in [-0.2, -0.15) is 0 Å². The van der Waals surface area contributed by atoms with E-state index < -0.39 is 10.2 Å². The Labute approximate surface area is 105 Å².